The molecule has 0 saturated heterocycles. The molecule has 11 nitrogen and oxygen atoms in total. The van der Waals surface area contributed by atoms with E-state index in [1.807, 2.05) is 19.0 Å². The lowest BCUT2D eigenvalue weighted by atomic mass is 10.1. The fourth-order valence-electron chi connectivity index (χ4n) is 7.68. The van der Waals surface area contributed by atoms with Crippen molar-refractivity contribution in [2.75, 3.05) is 66.8 Å². The molecule has 68 heavy (non-hydrogen) atoms. The first-order chi connectivity index (χ1) is 33.1. The minimum absolute atomic E-state index is 0.0111. The molecule has 1 amide bonds. The Kier molecular flexibility index (Phi) is 41.5. The van der Waals surface area contributed by atoms with Gasteiger partial charge in [-0.25, -0.2) is 0 Å². The van der Waals surface area contributed by atoms with Crippen LogP contribution in [-0.2, 0) is 42.8 Å². The zero-order valence-electron chi connectivity index (χ0n) is 44.5. The van der Waals surface area contributed by atoms with Gasteiger partial charge >= 0.3 is 11.9 Å². The topological polar surface area (TPSA) is 113 Å². The summed E-state index contributed by atoms with van der Waals surface area (Å²) in [4.78, 5) is 44.7. The summed E-state index contributed by atoms with van der Waals surface area (Å²) in [7, 11) is 4.04. The lowest BCUT2D eigenvalue weighted by Crippen LogP contribution is -2.40. The second-order valence-corrected chi connectivity index (χ2v) is 18.6. The normalized spacial score (nSPS) is 19.1. The Labute approximate surface area is 415 Å². The average molecular weight is 957 g/mol. The highest BCUT2D eigenvalue weighted by Crippen LogP contribution is 2.23. The summed E-state index contributed by atoms with van der Waals surface area (Å²) in [6.07, 6.45) is 38.3. The number of nitrogens with zero attached hydrogens (tertiary/aromatic N) is 2. The minimum Gasteiger partial charge on any atom is -0.469 e. The van der Waals surface area contributed by atoms with Crippen molar-refractivity contribution in [2.45, 2.75) is 214 Å². The number of cyclic esters (lactones) is 1. The third-order valence-corrected chi connectivity index (χ3v) is 11.8. The van der Waals surface area contributed by atoms with Crippen molar-refractivity contribution in [1.29, 1.82) is 0 Å². The second kappa shape index (κ2) is 44.9. The Bertz CT molecular complexity index is 1410. The molecule has 1 rings (SSSR count). The van der Waals surface area contributed by atoms with Crippen LogP contribution >= 0.6 is 0 Å². The number of amides is 1. The largest absolute Gasteiger partial charge is 0.469 e. The minimum atomic E-state index is -0.597. The summed E-state index contributed by atoms with van der Waals surface area (Å²) in [6.45, 7) is 14.2. The summed E-state index contributed by atoms with van der Waals surface area (Å²) in [5.74, 6) is -0.238. The van der Waals surface area contributed by atoms with E-state index in [-0.39, 0.29) is 43.9 Å². The van der Waals surface area contributed by atoms with Crippen LogP contribution in [0.3, 0.4) is 0 Å². The van der Waals surface area contributed by atoms with Crippen LogP contribution < -0.4 is 0 Å². The molecule has 392 valence electrons. The molecule has 1 heterocycles. The highest BCUT2D eigenvalue weighted by molar-refractivity contribution is 5.76. The van der Waals surface area contributed by atoms with Crippen LogP contribution in [0.5, 0.6) is 0 Å². The molecule has 0 aromatic heterocycles. The van der Waals surface area contributed by atoms with Gasteiger partial charge in [0, 0.05) is 57.9 Å². The Morgan fingerprint density at radius 1 is 0.750 bits per heavy atom. The van der Waals surface area contributed by atoms with Gasteiger partial charge in [0.2, 0.25) is 5.91 Å². The van der Waals surface area contributed by atoms with Crippen molar-refractivity contribution in [3.8, 4) is 0 Å². The molecular weight excluding hydrogens is 857 g/mol. The van der Waals surface area contributed by atoms with E-state index >= 15 is 0 Å². The first-order valence-corrected chi connectivity index (χ1v) is 27.2. The fourth-order valence-corrected chi connectivity index (χ4v) is 7.68. The van der Waals surface area contributed by atoms with Crippen molar-refractivity contribution in [2.24, 2.45) is 5.92 Å². The van der Waals surface area contributed by atoms with Crippen LogP contribution in [-0.4, -0.2) is 107 Å². The molecule has 1 aliphatic heterocycles. The predicted molar refractivity (Wildman–Crippen MR) is 279 cm³/mol. The van der Waals surface area contributed by atoms with Gasteiger partial charge in [-0.05, 0) is 129 Å². The number of hydrogen-bond donors (Lipinski definition) is 0. The standard InChI is InChI=1S/C57H100N2O9/c1-8-12-16-20-25-31-44-63-56(64-45-32-26-21-17-13-9-2)40-38-54(61)66-48-51-47-59(43-34-42-58(6)7)53(60)37-30-24-23-29-36-52(50(5)35-28-19-15-11-4)68-57(41-39-55(62)67-49-51)65-46-33-27-22-18-14-10-3/h12,14-16,18-19,23-24,51,56-57H,8-11,13,17,20-22,25-49H2,1-7H3/b16-12-,18-14-,19-15-,24-23-,52-50+. The third kappa shape index (κ3) is 36.7. The maximum absolute atomic E-state index is 13.8. The molecule has 3 atom stereocenters. The quantitative estimate of drug-likeness (QED) is 0.0263. The Morgan fingerprint density at radius 2 is 1.37 bits per heavy atom. The number of esters is 2. The van der Waals surface area contributed by atoms with Crippen molar-refractivity contribution in [3.05, 3.63) is 59.9 Å². The van der Waals surface area contributed by atoms with E-state index in [1.165, 1.54) is 31.3 Å². The molecule has 0 aliphatic carbocycles. The van der Waals surface area contributed by atoms with Crippen molar-refractivity contribution < 1.29 is 42.8 Å². The number of carbonyl (C=O) groups is 3. The van der Waals surface area contributed by atoms with Crippen LogP contribution in [0.15, 0.2) is 59.9 Å². The van der Waals surface area contributed by atoms with Gasteiger partial charge in [-0.15, -0.1) is 0 Å². The van der Waals surface area contributed by atoms with Crippen molar-refractivity contribution in [3.63, 3.8) is 0 Å². The Balaban J connectivity index is 3.20. The van der Waals surface area contributed by atoms with E-state index in [0.29, 0.717) is 65.0 Å². The molecule has 0 spiro atoms. The monoisotopic (exact) mass is 957 g/mol. The number of unbranched alkanes of at least 4 members (excludes halogenated alkanes) is 9. The highest BCUT2D eigenvalue weighted by atomic mass is 16.7. The van der Waals surface area contributed by atoms with Crippen molar-refractivity contribution >= 4 is 17.8 Å². The van der Waals surface area contributed by atoms with E-state index < -0.39 is 18.5 Å². The van der Waals surface area contributed by atoms with Gasteiger partial charge in [-0.2, -0.15) is 0 Å². The molecular formula is C57H100N2O9. The van der Waals surface area contributed by atoms with E-state index in [2.05, 4.69) is 88.1 Å². The number of rotatable bonds is 35. The van der Waals surface area contributed by atoms with Gasteiger partial charge < -0.3 is 38.2 Å². The number of carbonyl (C=O) groups excluding carboxylic acids is 3. The average Bonchev–Trinajstić information content (AvgIpc) is 3.32. The van der Waals surface area contributed by atoms with Gasteiger partial charge in [-0.3, -0.25) is 14.4 Å². The maximum atomic E-state index is 13.8. The Morgan fingerprint density at radius 3 is 2.03 bits per heavy atom. The molecule has 0 bridgehead atoms. The molecule has 0 aromatic carbocycles. The lowest BCUT2D eigenvalue weighted by molar-refractivity contribution is -0.161. The van der Waals surface area contributed by atoms with E-state index in [0.717, 1.165) is 109 Å². The van der Waals surface area contributed by atoms with Crippen LogP contribution in [0.25, 0.3) is 0 Å². The zero-order chi connectivity index (χ0) is 49.7. The molecule has 0 aromatic rings. The summed E-state index contributed by atoms with van der Waals surface area (Å²) < 4.78 is 37.2. The highest BCUT2D eigenvalue weighted by Gasteiger charge is 2.24. The van der Waals surface area contributed by atoms with E-state index in [4.69, 9.17) is 28.4 Å². The zero-order valence-corrected chi connectivity index (χ0v) is 44.5. The second-order valence-electron chi connectivity index (χ2n) is 18.6. The fraction of sp³-hybridized carbons (Fsp3) is 0.772. The molecule has 0 fully saturated rings. The smallest absolute Gasteiger partial charge is 0.306 e. The summed E-state index contributed by atoms with van der Waals surface area (Å²) >= 11 is 0. The molecule has 3 unspecified atom stereocenters. The first-order valence-electron chi connectivity index (χ1n) is 27.2. The van der Waals surface area contributed by atoms with Crippen LogP contribution in [0, 0.1) is 5.92 Å². The molecule has 0 radical (unpaired) electrons. The van der Waals surface area contributed by atoms with E-state index in [1.54, 1.807) is 0 Å². The number of hydrogen-bond acceptors (Lipinski definition) is 10. The third-order valence-electron chi connectivity index (χ3n) is 11.8. The molecule has 1 aliphatic rings. The first kappa shape index (κ1) is 62.8. The number of allylic oxidation sites excluding steroid dienone is 10. The summed E-state index contributed by atoms with van der Waals surface area (Å²) in [5.41, 5.74) is 1.17. The van der Waals surface area contributed by atoms with Gasteiger partial charge in [-0.1, -0.05) is 108 Å². The van der Waals surface area contributed by atoms with E-state index in [9.17, 15) is 14.4 Å². The van der Waals surface area contributed by atoms with Gasteiger partial charge in [0.25, 0.3) is 0 Å². The summed E-state index contributed by atoms with van der Waals surface area (Å²) in [6, 6.07) is 0. The maximum Gasteiger partial charge on any atom is 0.306 e. The van der Waals surface area contributed by atoms with Gasteiger partial charge in [0.15, 0.2) is 12.6 Å². The lowest BCUT2D eigenvalue weighted by Gasteiger charge is -2.28. The molecule has 0 N–H and O–H groups in total. The van der Waals surface area contributed by atoms with Crippen LogP contribution in [0.1, 0.15) is 202 Å². The molecule has 11 heteroatoms. The van der Waals surface area contributed by atoms with Gasteiger partial charge in [0.1, 0.15) is 0 Å². The summed E-state index contributed by atoms with van der Waals surface area (Å²) in [5, 5.41) is 0. The Hall–Kier alpha value is -3.25. The van der Waals surface area contributed by atoms with Crippen LogP contribution in [0.2, 0.25) is 0 Å². The van der Waals surface area contributed by atoms with Gasteiger partial charge in [0.05, 0.1) is 38.4 Å². The number of ether oxygens (including phenoxy) is 6. The predicted octanol–water partition coefficient (Wildman–Crippen LogP) is 13.5. The molecule has 0 saturated carbocycles. The van der Waals surface area contributed by atoms with Crippen molar-refractivity contribution in [1.82, 2.24) is 9.80 Å². The SMILES string of the molecule is CC/C=C\CCCCOC(CCC(=O)OCC1COC(=O)CCC(OCCCC/C=C\CC)O/C(=C(\C)CC/C=C\CC)CC/C=C\CCC(=O)N(CCCN(C)C)C1)OCCCCCCCC. The van der Waals surface area contributed by atoms with Crippen LogP contribution in [0.4, 0.5) is 0 Å².